The monoisotopic (exact) mass is 298 g/mol. The number of amides is 1. The molecule has 6 heteroatoms. The summed E-state index contributed by atoms with van der Waals surface area (Å²) in [4.78, 5) is 24.7. The van der Waals surface area contributed by atoms with Crippen molar-refractivity contribution in [3.63, 3.8) is 0 Å². The van der Waals surface area contributed by atoms with Crippen molar-refractivity contribution in [3.8, 4) is 0 Å². The van der Waals surface area contributed by atoms with Gasteiger partial charge in [-0.3, -0.25) is 9.59 Å². The molecule has 1 aromatic carbocycles. The van der Waals surface area contributed by atoms with E-state index in [-0.39, 0.29) is 13.1 Å². The molecule has 0 spiro atoms. The number of benzene rings is 1. The lowest BCUT2D eigenvalue weighted by atomic mass is 10.1. The van der Waals surface area contributed by atoms with E-state index in [2.05, 4.69) is 15.9 Å². The minimum atomic E-state index is -0.836. The summed E-state index contributed by atoms with van der Waals surface area (Å²) in [5, 5.41) is 9.48. The number of halogens is 1. The predicted molar refractivity (Wildman–Crippen MR) is 65.9 cm³/mol. The number of aliphatic hydroxyl groups excluding tert-OH is 1. The van der Waals surface area contributed by atoms with Crippen LogP contribution in [0.15, 0.2) is 22.7 Å². The van der Waals surface area contributed by atoms with Gasteiger partial charge >= 0.3 is 0 Å². The fraction of sp³-hybridized carbons (Fsp3) is 0.273. The molecule has 90 valence electrons. The Balaban J connectivity index is 2.39. The van der Waals surface area contributed by atoms with E-state index in [1.54, 1.807) is 18.2 Å². The summed E-state index contributed by atoms with van der Waals surface area (Å²) in [7, 11) is 0. The van der Waals surface area contributed by atoms with Crippen molar-refractivity contribution in [3.05, 3.63) is 28.2 Å². The van der Waals surface area contributed by atoms with E-state index < -0.39 is 17.8 Å². The second kappa shape index (κ2) is 4.56. The Bertz CT molecular complexity index is 490. The Morgan fingerprint density at radius 1 is 1.41 bits per heavy atom. The molecule has 17 heavy (non-hydrogen) atoms. The highest BCUT2D eigenvalue weighted by Gasteiger charge is 2.36. The van der Waals surface area contributed by atoms with Gasteiger partial charge in [0.2, 0.25) is 0 Å². The lowest BCUT2D eigenvalue weighted by Crippen LogP contribution is -2.39. The SMILES string of the molecule is NC[C@@H](O)CN1C(=O)C(=O)c2ccc(Br)cc21. The van der Waals surface area contributed by atoms with Crippen molar-refractivity contribution in [1.29, 1.82) is 0 Å². The number of carbonyl (C=O) groups is 2. The van der Waals surface area contributed by atoms with Gasteiger partial charge in [-0.1, -0.05) is 15.9 Å². The van der Waals surface area contributed by atoms with Gasteiger partial charge in [0.15, 0.2) is 0 Å². The Hall–Kier alpha value is -1.24. The van der Waals surface area contributed by atoms with Crippen LogP contribution in [-0.4, -0.2) is 36.0 Å². The summed E-state index contributed by atoms with van der Waals surface area (Å²) in [6, 6.07) is 4.97. The number of nitrogens with two attached hydrogens (primary N) is 1. The third-order valence-corrected chi connectivity index (χ3v) is 3.09. The lowest BCUT2D eigenvalue weighted by Gasteiger charge is -2.19. The summed E-state index contributed by atoms with van der Waals surface area (Å²) in [6.45, 7) is 0.0752. The smallest absolute Gasteiger partial charge is 0.299 e. The van der Waals surface area contributed by atoms with Gasteiger partial charge in [0, 0.05) is 11.0 Å². The van der Waals surface area contributed by atoms with E-state index in [4.69, 9.17) is 5.73 Å². The highest BCUT2D eigenvalue weighted by atomic mass is 79.9. The summed E-state index contributed by atoms with van der Waals surface area (Å²) in [5.74, 6) is -1.16. The van der Waals surface area contributed by atoms with Gasteiger partial charge in [-0.25, -0.2) is 0 Å². The third-order valence-electron chi connectivity index (χ3n) is 2.60. The lowest BCUT2D eigenvalue weighted by molar-refractivity contribution is -0.114. The Labute approximate surface area is 106 Å². The van der Waals surface area contributed by atoms with Gasteiger partial charge in [-0.15, -0.1) is 0 Å². The van der Waals surface area contributed by atoms with Gasteiger partial charge in [0.25, 0.3) is 11.7 Å². The topological polar surface area (TPSA) is 83.6 Å². The summed E-state index contributed by atoms with van der Waals surface area (Å²) in [6.07, 6.45) is -0.836. The molecule has 1 heterocycles. The number of anilines is 1. The molecule has 1 amide bonds. The van der Waals surface area contributed by atoms with Crippen molar-refractivity contribution in [1.82, 2.24) is 0 Å². The normalized spacial score (nSPS) is 16.3. The minimum absolute atomic E-state index is 0.0323. The number of β-amino-alcohol motifs (C(OH)–C–C–N with tert-alkyl or cyclic N) is 1. The molecule has 0 fully saturated rings. The molecule has 0 aromatic heterocycles. The summed E-state index contributed by atoms with van der Waals surface area (Å²) >= 11 is 3.28. The fourth-order valence-electron chi connectivity index (χ4n) is 1.73. The summed E-state index contributed by atoms with van der Waals surface area (Å²) in [5.41, 5.74) is 6.18. The number of ketones is 1. The van der Waals surface area contributed by atoms with Crippen LogP contribution in [0, 0.1) is 0 Å². The molecular formula is C11H11BrN2O3. The van der Waals surface area contributed by atoms with E-state index >= 15 is 0 Å². The zero-order valence-electron chi connectivity index (χ0n) is 8.89. The number of Topliss-reactive ketones (excluding diaryl/α,β-unsaturated/α-hetero) is 1. The predicted octanol–water partition coefficient (Wildman–Crippen LogP) is 0.298. The van der Waals surface area contributed by atoms with Crippen molar-refractivity contribution in [2.24, 2.45) is 5.73 Å². The van der Waals surface area contributed by atoms with Crippen LogP contribution >= 0.6 is 15.9 Å². The molecule has 1 aromatic rings. The fourth-order valence-corrected chi connectivity index (χ4v) is 2.08. The van der Waals surface area contributed by atoms with Crippen LogP contribution in [0.2, 0.25) is 0 Å². The zero-order valence-corrected chi connectivity index (χ0v) is 10.5. The van der Waals surface area contributed by atoms with Crippen molar-refractivity contribution >= 4 is 33.3 Å². The van der Waals surface area contributed by atoms with Crippen LogP contribution in [0.1, 0.15) is 10.4 Å². The molecule has 1 atom stereocenters. The van der Waals surface area contributed by atoms with E-state index in [1.807, 2.05) is 0 Å². The van der Waals surface area contributed by atoms with Crippen LogP contribution in [0.3, 0.4) is 0 Å². The van der Waals surface area contributed by atoms with E-state index in [1.165, 1.54) is 4.90 Å². The van der Waals surface area contributed by atoms with Crippen molar-refractivity contribution in [2.75, 3.05) is 18.0 Å². The molecule has 0 unspecified atom stereocenters. The largest absolute Gasteiger partial charge is 0.390 e. The number of rotatable bonds is 3. The summed E-state index contributed by atoms with van der Waals surface area (Å²) < 4.78 is 0.769. The van der Waals surface area contributed by atoms with Crippen LogP contribution in [-0.2, 0) is 4.79 Å². The Kier molecular flexibility index (Phi) is 3.28. The molecule has 0 saturated carbocycles. The van der Waals surface area contributed by atoms with E-state index in [9.17, 15) is 14.7 Å². The van der Waals surface area contributed by atoms with Gasteiger partial charge in [-0.2, -0.15) is 0 Å². The van der Waals surface area contributed by atoms with Gasteiger partial charge in [-0.05, 0) is 18.2 Å². The van der Waals surface area contributed by atoms with Gasteiger partial charge < -0.3 is 15.7 Å². The Morgan fingerprint density at radius 2 is 2.12 bits per heavy atom. The maximum absolute atomic E-state index is 11.7. The quantitative estimate of drug-likeness (QED) is 0.786. The zero-order chi connectivity index (χ0) is 12.6. The molecular weight excluding hydrogens is 288 g/mol. The van der Waals surface area contributed by atoms with Crippen LogP contribution in [0.5, 0.6) is 0 Å². The molecule has 5 nitrogen and oxygen atoms in total. The number of nitrogens with zero attached hydrogens (tertiary/aromatic N) is 1. The highest BCUT2D eigenvalue weighted by Crippen LogP contribution is 2.31. The highest BCUT2D eigenvalue weighted by molar-refractivity contribution is 9.10. The molecule has 0 radical (unpaired) electrons. The number of aliphatic hydroxyl groups is 1. The maximum atomic E-state index is 11.7. The third kappa shape index (κ3) is 2.11. The van der Waals surface area contributed by atoms with E-state index in [0.29, 0.717) is 11.3 Å². The van der Waals surface area contributed by atoms with Crippen LogP contribution < -0.4 is 10.6 Å². The first-order chi connectivity index (χ1) is 8.04. The molecule has 0 bridgehead atoms. The van der Waals surface area contributed by atoms with Crippen LogP contribution in [0.4, 0.5) is 5.69 Å². The first-order valence-corrected chi connectivity index (χ1v) is 5.87. The number of carbonyl (C=O) groups excluding carboxylic acids is 2. The van der Waals surface area contributed by atoms with Gasteiger partial charge in [0.05, 0.1) is 23.9 Å². The number of hydrogen-bond donors (Lipinski definition) is 2. The second-order valence-electron chi connectivity index (χ2n) is 3.80. The molecule has 0 aliphatic carbocycles. The first-order valence-electron chi connectivity index (χ1n) is 5.08. The van der Waals surface area contributed by atoms with Crippen LogP contribution in [0.25, 0.3) is 0 Å². The molecule has 1 aliphatic rings. The molecule has 1 aliphatic heterocycles. The molecule has 0 saturated heterocycles. The maximum Gasteiger partial charge on any atom is 0.299 e. The van der Waals surface area contributed by atoms with E-state index in [0.717, 1.165) is 4.47 Å². The first kappa shape index (κ1) is 12.2. The minimum Gasteiger partial charge on any atom is -0.390 e. The van der Waals surface area contributed by atoms with Crippen molar-refractivity contribution < 1.29 is 14.7 Å². The molecule has 2 rings (SSSR count). The molecule has 3 N–H and O–H groups in total. The average molecular weight is 299 g/mol. The van der Waals surface area contributed by atoms with Crippen molar-refractivity contribution in [2.45, 2.75) is 6.10 Å². The standard InChI is InChI=1S/C11H11BrN2O3/c12-6-1-2-8-9(3-6)14(5-7(15)4-13)11(17)10(8)16/h1-3,7,15H,4-5,13H2/t7-/m1/s1. The van der Waals surface area contributed by atoms with Gasteiger partial charge in [0.1, 0.15) is 0 Å². The number of fused-ring (bicyclic) bond motifs is 1. The average Bonchev–Trinajstić information content (AvgIpc) is 2.54. The Morgan fingerprint density at radius 3 is 2.76 bits per heavy atom. The number of hydrogen-bond acceptors (Lipinski definition) is 4. The second-order valence-corrected chi connectivity index (χ2v) is 4.71.